The summed E-state index contributed by atoms with van der Waals surface area (Å²) in [5.74, 6) is -1.44. The van der Waals surface area contributed by atoms with Crippen molar-refractivity contribution in [3.05, 3.63) is 29.8 Å². The second-order valence-corrected chi connectivity index (χ2v) is 4.64. The molecule has 0 radical (unpaired) electrons. The molecule has 0 saturated carbocycles. The molecule has 0 bridgehead atoms. The molecule has 90 valence electrons. The molecule has 0 unspecified atom stereocenters. The molecule has 1 saturated heterocycles. The van der Waals surface area contributed by atoms with Gasteiger partial charge in [0, 0.05) is 39.7 Å². The molecular weight excluding hydrogens is 260 g/mol. The maximum atomic E-state index is 13.6. The summed E-state index contributed by atoms with van der Waals surface area (Å²) in [6.07, 6.45) is 1.09. The zero-order valence-electron chi connectivity index (χ0n) is 9.76. The smallest absolute Gasteiger partial charge is 0.227 e. The van der Waals surface area contributed by atoms with E-state index in [1.165, 1.54) is 17.0 Å². The molecule has 1 aromatic rings. The first-order valence-corrected chi connectivity index (χ1v) is 5.20. The van der Waals surface area contributed by atoms with Crippen LogP contribution in [0.1, 0.15) is 26.7 Å². The molecule has 0 N–H and O–H groups in total. The van der Waals surface area contributed by atoms with Crippen molar-refractivity contribution in [3.63, 3.8) is 0 Å². The van der Waals surface area contributed by atoms with Gasteiger partial charge in [0.15, 0.2) is 0 Å². The first kappa shape index (κ1) is 14.3. The Morgan fingerprint density at radius 3 is 2.41 bits per heavy atom. The van der Waals surface area contributed by atoms with E-state index < -0.39 is 17.2 Å². The number of hydrogen-bond acceptors (Lipinski definition) is 1. The minimum absolute atomic E-state index is 0. The van der Waals surface area contributed by atoms with Gasteiger partial charge in [0.2, 0.25) is 5.91 Å². The van der Waals surface area contributed by atoms with Gasteiger partial charge in [-0.15, -0.1) is 0 Å². The zero-order chi connectivity index (χ0) is 11.9. The number of hydrogen-bond donors (Lipinski definition) is 0. The molecule has 5 heteroatoms. The molecule has 0 aromatic heterocycles. The number of benzene rings is 1. The Morgan fingerprint density at radius 1 is 1.29 bits per heavy atom. The van der Waals surface area contributed by atoms with Crippen molar-refractivity contribution >= 4 is 11.6 Å². The summed E-state index contributed by atoms with van der Waals surface area (Å²) in [5.41, 5.74) is -0.246. The topological polar surface area (TPSA) is 20.3 Å². The van der Waals surface area contributed by atoms with Gasteiger partial charge in [0.05, 0.1) is 5.69 Å². The van der Waals surface area contributed by atoms with Crippen molar-refractivity contribution < 1.29 is 35.3 Å². The zero-order valence-corrected chi connectivity index (χ0v) is 11.3. The van der Waals surface area contributed by atoms with Crippen LogP contribution in [-0.2, 0) is 26.5 Å². The van der Waals surface area contributed by atoms with Gasteiger partial charge >= 0.3 is 0 Å². The minimum Gasteiger partial charge on any atom is -0.304 e. The molecule has 17 heavy (non-hydrogen) atoms. The van der Waals surface area contributed by atoms with Crippen LogP contribution in [0.5, 0.6) is 0 Å². The molecule has 1 aliphatic heterocycles. The van der Waals surface area contributed by atoms with Crippen molar-refractivity contribution in [2.75, 3.05) is 4.90 Å². The molecule has 1 fully saturated rings. The van der Waals surface area contributed by atoms with Crippen LogP contribution in [0.2, 0.25) is 0 Å². The first-order valence-electron chi connectivity index (χ1n) is 5.20. The summed E-state index contributed by atoms with van der Waals surface area (Å²) in [4.78, 5) is 13.1. The van der Waals surface area contributed by atoms with Crippen molar-refractivity contribution in [2.45, 2.75) is 32.2 Å². The van der Waals surface area contributed by atoms with Crippen LogP contribution in [0.3, 0.4) is 0 Å². The third kappa shape index (κ3) is 2.58. The fourth-order valence-electron chi connectivity index (χ4n) is 2.10. The predicted molar refractivity (Wildman–Crippen MR) is 57.2 cm³/mol. The first-order chi connectivity index (χ1) is 7.42. The Balaban J connectivity index is 0.00000144. The molecule has 1 heterocycles. The van der Waals surface area contributed by atoms with Crippen LogP contribution in [0.4, 0.5) is 14.5 Å². The van der Waals surface area contributed by atoms with Gasteiger partial charge in [-0.1, -0.05) is 0 Å². The van der Waals surface area contributed by atoms with Gasteiger partial charge in [-0.25, -0.2) is 8.78 Å². The Labute approximate surface area is 114 Å². The average Bonchev–Trinajstić information content (AvgIpc) is 2.43. The molecule has 1 aliphatic rings. The summed E-state index contributed by atoms with van der Waals surface area (Å²) >= 11 is 0. The number of halogens is 2. The van der Waals surface area contributed by atoms with Crippen LogP contribution in [-0.4, -0.2) is 11.4 Å². The quantitative estimate of drug-likeness (QED) is 0.720. The van der Waals surface area contributed by atoms with Gasteiger partial charge in [-0.05, 0) is 32.4 Å². The van der Waals surface area contributed by atoms with E-state index in [2.05, 4.69) is 0 Å². The minimum atomic E-state index is -0.691. The van der Waals surface area contributed by atoms with Crippen LogP contribution >= 0.6 is 0 Å². The van der Waals surface area contributed by atoms with E-state index in [4.69, 9.17) is 0 Å². The normalized spacial score (nSPS) is 18.1. The predicted octanol–water partition coefficient (Wildman–Crippen LogP) is 2.87. The van der Waals surface area contributed by atoms with E-state index in [0.717, 1.165) is 6.07 Å². The van der Waals surface area contributed by atoms with E-state index >= 15 is 0 Å². The van der Waals surface area contributed by atoms with Gasteiger partial charge in [0.1, 0.15) is 11.6 Å². The third-order valence-corrected chi connectivity index (χ3v) is 2.96. The van der Waals surface area contributed by atoms with E-state index in [1.807, 2.05) is 13.8 Å². The van der Waals surface area contributed by atoms with Gasteiger partial charge < -0.3 is 4.90 Å². The maximum Gasteiger partial charge on any atom is 0.227 e. The Kier molecular flexibility index (Phi) is 4.10. The van der Waals surface area contributed by atoms with Crippen molar-refractivity contribution in [3.8, 4) is 0 Å². The third-order valence-electron chi connectivity index (χ3n) is 2.96. The molecular formula is C12H13F2NOTi. The SMILES string of the molecule is CC1(C)CCC(=O)N1c1ccc(F)cc1F.[Ti]. The number of carbonyl (C=O) groups is 1. The Morgan fingerprint density at radius 2 is 1.94 bits per heavy atom. The number of nitrogens with zero attached hydrogens (tertiary/aromatic N) is 1. The molecule has 0 aliphatic carbocycles. The van der Waals surface area contributed by atoms with Crippen LogP contribution in [0, 0.1) is 11.6 Å². The van der Waals surface area contributed by atoms with E-state index in [-0.39, 0.29) is 33.3 Å². The summed E-state index contributed by atoms with van der Waals surface area (Å²) in [6.45, 7) is 3.75. The second-order valence-electron chi connectivity index (χ2n) is 4.64. The van der Waals surface area contributed by atoms with Crippen molar-refractivity contribution in [1.82, 2.24) is 0 Å². The van der Waals surface area contributed by atoms with Crippen LogP contribution in [0.15, 0.2) is 18.2 Å². The number of carbonyl (C=O) groups excluding carboxylic acids is 1. The van der Waals surface area contributed by atoms with Crippen LogP contribution in [0.25, 0.3) is 0 Å². The number of amides is 1. The van der Waals surface area contributed by atoms with E-state index in [0.29, 0.717) is 12.8 Å². The Bertz CT molecular complexity index is 448. The fourth-order valence-corrected chi connectivity index (χ4v) is 2.10. The maximum absolute atomic E-state index is 13.6. The van der Waals surface area contributed by atoms with Gasteiger partial charge in [0.25, 0.3) is 0 Å². The molecule has 2 nitrogen and oxygen atoms in total. The van der Waals surface area contributed by atoms with Gasteiger partial charge in [-0.3, -0.25) is 4.79 Å². The summed E-state index contributed by atoms with van der Waals surface area (Å²) in [7, 11) is 0. The molecule has 0 spiro atoms. The monoisotopic (exact) mass is 273 g/mol. The van der Waals surface area contributed by atoms with Crippen molar-refractivity contribution in [1.29, 1.82) is 0 Å². The number of anilines is 1. The summed E-state index contributed by atoms with van der Waals surface area (Å²) < 4.78 is 26.4. The standard InChI is InChI=1S/C12H13F2NO.Ti/c1-12(2)6-5-11(16)15(12)10-4-3-8(13)7-9(10)14;/h3-4,7H,5-6H2,1-2H3;. The average molecular weight is 273 g/mol. The number of rotatable bonds is 1. The fraction of sp³-hybridized carbons (Fsp3) is 0.417. The van der Waals surface area contributed by atoms with Gasteiger partial charge in [-0.2, -0.15) is 0 Å². The molecule has 1 aromatic carbocycles. The van der Waals surface area contributed by atoms with E-state index in [9.17, 15) is 13.6 Å². The van der Waals surface area contributed by atoms with Crippen molar-refractivity contribution in [2.24, 2.45) is 0 Å². The summed E-state index contributed by atoms with van der Waals surface area (Å²) in [5, 5.41) is 0. The second kappa shape index (κ2) is 4.87. The van der Waals surface area contributed by atoms with E-state index in [1.54, 1.807) is 0 Å². The Hall–Kier alpha value is -0.736. The summed E-state index contributed by atoms with van der Waals surface area (Å²) in [6, 6.07) is 3.28. The molecule has 1 amide bonds. The molecule has 0 atom stereocenters. The van der Waals surface area contributed by atoms with Crippen LogP contribution < -0.4 is 4.90 Å². The molecule has 2 rings (SSSR count). The largest absolute Gasteiger partial charge is 0.304 e.